The molecule has 2 aromatic carbocycles. The van der Waals surface area contributed by atoms with Gasteiger partial charge in [0.2, 0.25) is 15.9 Å². The van der Waals surface area contributed by atoms with Crippen LogP contribution < -0.4 is 19.5 Å². The van der Waals surface area contributed by atoms with Gasteiger partial charge in [-0.05, 0) is 24.3 Å². The quantitative estimate of drug-likeness (QED) is 0.791. The molecule has 0 radical (unpaired) electrons. The number of amides is 1. The highest BCUT2D eigenvalue weighted by molar-refractivity contribution is 7.89. The Morgan fingerprint density at radius 1 is 1.04 bits per heavy atom. The number of carbonyl (C=O) groups is 1. The molecule has 0 aliphatic carbocycles. The summed E-state index contributed by atoms with van der Waals surface area (Å²) in [6, 6.07) is 13.1. The topological polar surface area (TPSA) is 93.7 Å². The molecule has 8 heteroatoms. The van der Waals surface area contributed by atoms with Crippen LogP contribution in [0.4, 0.5) is 5.69 Å². The normalized spacial score (nSPS) is 10.9. The van der Waals surface area contributed by atoms with Crippen molar-refractivity contribution in [3.63, 3.8) is 0 Å². The number of rotatable bonds is 7. The molecule has 0 saturated carbocycles. The molecule has 0 unspecified atom stereocenters. The molecule has 2 N–H and O–H groups in total. The number of methoxy groups -OCH3 is 2. The van der Waals surface area contributed by atoms with Crippen molar-refractivity contribution in [3.8, 4) is 11.5 Å². The van der Waals surface area contributed by atoms with Crippen molar-refractivity contribution in [2.45, 2.75) is 4.90 Å². The first-order valence-corrected chi connectivity index (χ1v) is 8.51. The summed E-state index contributed by atoms with van der Waals surface area (Å²) in [6.07, 6.45) is 0. The summed E-state index contributed by atoms with van der Waals surface area (Å²) >= 11 is 0. The fourth-order valence-corrected chi connectivity index (χ4v) is 3.09. The maximum absolute atomic E-state index is 12.4. The van der Waals surface area contributed by atoms with E-state index in [2.05, 4.69) is 10.0 Å². The van der Waals surface area contributed by atoms with Crippen molar-refractivity contribution in [1.29, 1.82) is 0 Å². The molecule has 7 nitrogen and oxygen atoms in total. The van der Waals surface area contributed by atoms with Gasteiger partial charge in [0.1, 0.15) is 16.4 Å². The van der Waals surface area contributed by atoms with Gasteiger partial charge in [-0.1, -0.05) is 18.2 Å². The minimum Gasteiger partial charge on any atom is -0.497 e. The number of anilines is 1. The number of nitrogens with one attached hydrogen (secondary N) is 2. The van der Waals surface area contributed by atoms with Gasteiger partial charge < -0.3 is 14.8 Å². The van der Waals surface area contributed by atoms with Gasteiger partial charge >= 0.3 is 0 Å². The maximum atomic E-state index is 12.4. The zero-order valence-corrected chi connectivity index (χ0v) is 14.1. The lowest BCUT2D eigenvalue weighted by Gasteiger charge is -2.12. The Morgan fingerprint density at radius 3 is 2.38 bits per heavy atom. The van der Waals surface area contributed by atoms with Crippen LogP contribution in [0.5, 0.6) is 11.5 Å². The molecule has 24 heavy (non-hydrogen) atoms. The van der Waals surface area contributed by atoms with E-state index in [0.29, 0.717) is 11.4 Å². The average Bonchev–Trinajstić information content (AvgIpc) is 2.60. The monoisotopic (exact) mass is 350 g/mol. The number of ether oxygens (including phenoxy) is 2. The van der Waals surface area contributed by atoms with E-state index in [0.717, 1.165) is 0 Å². The standard InChI is InChI=1S/C16H18N2O5S/c1-22-13-8-9-15(14(10-13)23-2)24(20,21)17-11-16(19)18-12-6-4-3-5-7-12/h3-10,17H,11H2,1-2H3,(H,18,19). The Kier molecular flexibility index (Phi) is 5.78. The van der Waals surface area contributed by atoms with Crippen LogP contribution in [0, 0.1) is 0 Å². The van der Waals surface area contributed by atoms with Crippen LogP contribution in [0.25, 0.3) is 0 Å². The molecule has 2 rings (SSSR count). The zero-order chi connectivity index (χ0) is 17.6. The highest BCUT2D eigenvalue weighted by Crippen LogP contribution is 2.28. The zero-order valence-electron chi connectivity index (χ0n) is 13.3. The second-order valence-corrected chi connectivity index (χ2v) is 6.49. The average molecular weight is 350 g/mol. The van der Waals surface area contributed by atoms with E-state index >= 15 is 0 Å². The van der Waals surface area contributed by atoms with Gasteiger partial charge in [-0.15, -0.1) is 0 Å². The van der Waals surface area contributed by atoms with Gasteiger partial charge in [0.15, 0.2) is 0 Å². The van der Waals surface area contributed by atoms with E-state index in [9.17, 15) is 13.2 Å². The summed E-state index contributed by atoms with van der Waals surface area (Å²) in [7, 11) is -1.08. The fourth-order valence-electron chi connectivity index (χ4n) is 1.96. The van der Waals surface area contributed by atoms with E-state index in [1.165, 1.54) is 32.4 Å². The fraction of sp³-hybridized carbons (Fsp3) is 0.188. The lowest BCUT2D eigenvalue weighted by atomic mass is 10.3. The first kappa shape index (κ1) is 17.8. The second-order valence-electron chi connectivity index (χ2n) is 4.76. The first-order valence-electron chi connectivity index (χ1n) is 7.03. The third-order valence-electron chi connectivity index (χ3n) is 3.14. The molecule has 1 amide bonds. The van der Waals surface area contributed by atoms with Crippen molar-refractivity contribution in [2.75, 3.05) is 26.1 Å². The third kappa shape index (κ3) is 4.46. The van der Waals surface area contributed by atoms with Crippen LogP contribution in [0.15, 0.2) is 53.4 Å². The minimum absolute atomic E-state index is 0.0710. The number of benzene rings is 2. The van der Waals surface area contributed by atoms with E-state index < -0.39 is 22.5 Å². The van der Waals surface area contributed by atoms with Crippen molar-refractivity contribution in [1.82, 2.24) is 4.72 Å². The third-order valence-corrected chi connectivity index (χ3v) is 4.58. The number of hydrogen-bond donors (Lipinski definition) is 2. The summed E-state index contributed by atoms with van der Waals surface area (Å²) in [5.74, 6) is 0.121. The molecule has 128 valence electrons. The van der Waals surface area contributed by atoms with E-state index in [-0.39, 0.29) is 10.6 Å². The highest BCUT2D eigenvalue weighted by Gasteiger charge is 2.21. The Morgan fingerprint density at radius 2 is 1.75 bits per heavy atom. The summed E-state index contributed by atoms with van der Waals surface area (Å²) in [5, 5.41) is 2.60. The Bertz CT molecular complexity index is 806. The molecule has 0 bridgehead atoms. The molecule has 0 aromatic heterocycles. The SMILES string of the molecule is COc1ccc(S(=O)(=O)NCC(=O)Nc2ccccc2)c(OC)c1. The Balaban J connectivity index is 2.07. The van der Waals surface area contributed by atoms with Gasteiger partial charge in [-0.2, -0.15) is 0 Å². The van der Waals surface area contributed by atoms with Crippen LogP contribution in [-0.2, 0) is 14.8 Å². The first-order chi connectivity index (χ1) is 11.5. The molecular formula is C16H18N2O5S. The molecule has 0 atom stereocenters. The van der Waals surface area contributed by atoms with Gasteiger partial charge in [-0.3, -0.25) is 4.79 Å². The summed E-state index contributed by atoms with van der Waals surface area (Å²) < 4.78 is 37.1. The predicted molar refractivity (Wildman–Crippen MR) is 89.8 cm³/mol. The number of hydrogen-bond acceptors (Lipinski definition) is 5. The van der Waals surface area contributed by atoms with Crippen LogP contribution in [0.3, 0.4) is 0 Å². The van der Waals surface area contributed by atoms with Crippen LogP contribution >= 0.6 is 0 Å². The molecule has 2 aromatic rings. The number of carbonyl (C=O) groups excluding carboxylic acids is 1. The summed E-state index contributed by atoms with van der Waals surface area (Å²) in [5.41, 5.74) is 0.587. The lowest BCUT2D eigenvalue weighted by Crippen LogP contribution is -2.33. The predicted octanol–water partition coefficient (Wildman–Crippen LogP) is 1.62. The van der Waals surface area contributed by atoms with Crippen molar-refractivity contribution in [2.24, 2.45) is 0 Å². The maximum Gasteiger partial charge on any atom is 0.244 e. The number of para-hydroxylation sites is 1. The van der Waals surface area contributed by atoms with Crippen LogP contribution in [0.2, 0.25) is 0 Å². The molecular weight excluding hydrogens is 332 g/mol. The Labute approximate surface area is 140 Å². The van der Waals surface area contributed by atoms with Gasteiger partial charge in [0.05, 0.1) is 20.8 Å². The lowest BCUT2D eigenvalue weighted by molar-refractivity contribution is -0.115. The largest absolute Gasteiger partial charge is 0.497 e. The molecule has 0 heterocycles. The van der Waals surface area contributed by atoms with Gasteiger partial charge in [0.25, 0.3) is 0 Å². The van der Waals surface area contributed by atoms with Crippen molar-refractivity contribution in [3.05, 3.63) is 48.5 Å². The number of sulfonamides is 1. The Hall–Kier alpha value is -2.58. The highest BCUT2D eigenvalue weighted by atomic mass is 32.2. The van der Waals surface area contributed by atoms with Gasteiger partial charge in [0, 0.05) is 11.8 Å². The van der Waals surface area contributed by atoms with Crippen molar-refractivity contribution < 1.29 is 22.7 Å². The molecule has 0 fully saturated rings. The van der Waals surface area contributed by atoms with Crippen molar-refractivity contribution >= 4 is 21.6 Å². The summed E-state index contributed by atoms with van der Waals surface area (Å²) in [4.78, 5) is 11.8. The molecule has 0 saturated heterocycles. The molecule has 0 aliphatic rings. The summed E-state index contributed by atoms with van der Waals surface area (Å²) in [6.45, 7) is -0.396. The van der Waals surface area contributed by atoms with Gasteiger partial charge in [-0.25, -0.2) is 13.1 Å². The molecule has 0 aliphatic heterocycles. The second kappa shape index (κ2) is 7.80. The van der Waals surface area contributed by atoms with E-state index in [1.807, 2.05) is 6.07 Å². The van der Waals surface area contributed by atoms with E-state index in [1.54, 1.807) is 24.3 Å². The molecule has 0 spiro atoms. The van der Waals surface area contributed by atoms with Crippen LogP contribution in [-0.4, -0.2) is 35.1 Å². The minimum atomic E-state index is -3.91. The smallest absolute Gasteiger partial charge is 0.244 e. The van der Waals surface area contributed by atoms with Crippen LogP contribution in [0.1, 0.15) is 0 Å². The van der Waals surface area contributed by atoms with E-state index in [4.69, 9.17) is 9.47 Å².